The number of anilines is 1. The van der Waals surface area contributed by atoms with E-state index in [2.05, 4.69) is 72.7 Å². The standard InChI is InChI=1S/C32H36N8O/c1-2-12-34-30(8-1)32(24-25-7-5-17-40(25)37-32)28-11-15-33-29-23-26(9-10-27(28)29)41-22-4-3-16-38-18-20-39(21-19-38)31-35-13-6-14-36-31/h1-2,6,8-15,23-24,37H,3-5,7,16-22H2. The minimum absolute atomic E-state index is 0.514. The molecule has 0 bridgehead atoms. The molecule has 0 spiro atoms. The summed E-state index contributed by atoms with van der Waals surface area (Å²) >= 11 is 0. The van der Waals surface area contributed by atoms with E-state index >= 15 is 0 Å². The first kappa shape index (κ1) is 25.9. The number of benzene rings is 1. The molecular formula is C32H36N8O. The fourth-order valence-corrected chi connectivity index (χ4v) is 6.29. The van der Waals surface area contributed by atoms with Crippen LogP contribution in [0.1, 0.15) is 36.9 Å². The van der Waals surface area contributed by atoms with Crippen LogP contribution >= 0.6 is 0 Å². The van der Waals surface area contributed by atoms with Gasteiger partial charge in [0.1, 0.15) is 11.3 Å². The Hall–Kier alpha value is -4.08. The van der Waals surface area contributed by atoms with Crippen molar-refractivity contribution in [2.24, 2.45) is 0 Å². The Morgan fingerprint density at radius 3 is 2.54 bits per heavy atom. The van der Waals surface area contributed by atoms with Gasteiger partial charge in [-0.1, -0.05) is 6.07 Å². The average Bonchev–Trinajstić information content (AvgIpc) is 3.63. The summed E-state index contributed by atoms with van der Waals surface area (Å²) < 4.78 is 6.18. The highest BCUT2D eigenvalue weighted by Crippen LogP contribution is 2.42. The van der Waals surface area contributed by atoms with Gasteiger partial charge in [-0.25, -0.2) is 15.4 Å². The summed E-state index contributed by atoms with van der Waals surface area (Å²) in [6.07, 6.45) is 14.1. The second-order valence-corrected chi connectivity index (χ2v) is 11.0. The summed E-state index contributed by atoms with van der Waals surface area (Å²) in [6, 6.07) is 16.4. The number of fused-ring (bicyclic) bond motifs is 2. The van der Waals surface area contributed by atoms with Crippen LogP contribution in [0.15, 0.2) is 85.1 Å². The van der Waals surface area contributed by atoms with Crippen molar-refractivity contribution in [1.82, 2.24) is 35.3 Å². The molecule has 2 saturated heterocycles. The predicted molar refractivity (Wildman–Crippen MR) is 159 cm³/mol. The van der Waals surface area contributed by atoms with Gasteiger partial charge in [-0.2, -0.15) is 0 Å². The molecule has 41 heavy (non-hydrogen) atoms. The van der Waals surface area contributed by atoms with Gasteiger partial charge in [0.2, 0.25) is 5.95 Å². The van der Waals surface area contributed by atoms with Crippen molar-refractivity contribution in [3.05, 3.63) is 96.3 Å². The molecule has 1 unspecified atom stereocenters. The van der Waals surface area contributed by atoms with Crippen LogP contribution in [0.5, 0.6) is 5.75 Å². The van der Waals surface area contributed by atoms with Crippen LogP contribution < -0.4 is 15.1 Å². The minimum Gasteiger partial charge on any atom is -0.494 e. The quantitative estimate of drug-likeness (QED) is 0.310. The molecule has 1 atom stereocenters. The molecule has 1 N–H and O–H groups in total. The number of rotatable bonds is 9. The molecule has 9 nitrogen and oxygen atoms in total. The molecular weight excluding hydrogens is 512 g/mol. The van der Waals surface area contributed by atoms with Gasteiger partial charge in [-0.3, -0.25) is 14.9 Å². The number of hydrogen-bond acceptors (Lipinski definition) is 9. The lowest BCUT2D eigenvalue weighted by atomic mass is 9.84. The lowest BCUT2D eigenvalue weighted by Crippen LogP contribution is -2.47. The second kappa shape index (κ2) is 11.4. The fraction of sp³-hybridized carbons (Fsp3) is 0.375. The van der Waals surface area contributed by atoms with Crippen molar-refractivity contribution >= 4 is 16.9 Å². The molecule has 7 rings (SSSR count). The summed E-state index contributed by atoms with van der Waals surface area (Å²) in [6.45, 7) is 6.83. The number of nitrogens with zero attached hydrogens (tertiary/aromatic N) is 7. The van der Waals surface area contributed by atoms with E-state index in [9.17, 15) is 0 Å². The van der Waals surface area contributed by atoms with Gasteiger partial charge in [-0.05, 0) is 80.3 Å². The van der Waals surface area contributed by atoms with Crippen LogP contribution in [0, 0.1) is 0 Å². The van der Waals surface area contributed by atoms with Gasteiger partial charge in [-0.15, -0.1) is 0 Å². The third-order valence-corrected chi connectivity index (χ3v) is 8.41. The zero-order valence-electron chi connectivity index (χ0n) is 23.3. The molecule has 3 aromatic heterocycles. The molecule has 4 aromatic rings. The van der Waals surface area contributed by atoms with Crippen molar-refractivity contribution < 1.29 is 4.74 Å². The number of aromatic nitrogens is 4. The average molecular weight is 549 g/mol. The molecule has 0 radical (unpaired) electrons. The Morgan fingerprint density at radius 1 is 0.829 bits per heavy atom. The molecule has 210 valence electrons. The van der Waals surface area contributed by atoms with Crippen molar-refractivity contribution in [3.8, 4) is 5.75 Å². The lowest BCUT2D eigenvalue weighted by Gasteiger charge is -2.34. The molecule has 3 aliphatic rings. The number of unbranched alkanes of at least 4 members (excludes halogenated alkanes) is 1. The monoisotopic (exact) mass is 548 g/mol. The summed E-state index contributed by atoms with van der Waals surface area (Å²) in [5.74, 6) is 1.70. The van der Waals surface area contributed by atoms with Crippen LogP contribution in [0.4, 0.5) is 5.95 Å². The number of piperazine rings is 1. The highest BCUT2D eigenvalue weighted by Gasteiger charge is 2.43. The topological polar surface area (TPSA) is 82.5 Å². The van der Waals surface area contributed by atoms with E-state index in [0.29, 0.717) is 6.61 Å². The van der Waals surface area contributed by atoms with E-state index < -0.39 is 5.54 Å². The minimum atomic E-state index is -0.514. The first-order chi connectivity index (χ1) is 20.3. The number of hydrazine groups is 1. The van der Waals surface area contributed by atoms with Gasteiger partial charge < -0.3 is 14.6 Å². The Balaban J connectivity index is 0.978. The van der Waals surface area contributed by atoms with E-state index in [4.69, 9.17) is 14.7 Å². The SMILES string of the molecule is C1=C2CCCN2NC1(c1ccccn1)c1ccnc2cc(OCCCCN3CCN(c4ncccn4)CC3)ccc12. The molecule has 0 aliphatic carbocycles. The van der Waals surface area contributed by atoms with Gasteiger partial charge in [0.15, 0.2) is 0 Å². The van der Waals surface area contributed by atoms with E-state index in [1.165, 1.54) is 12.1 Å². The Kier molecular flexibility index (Phi) is 7.21. The molecule has 1 aromatic carbocycles. The summed E-state index contributed by atoms with van der Waals surface area (Å²) in [5, 5.41) is 3.40. The number of nitrogens with one attached hydrogen (secondary N) is 1. The Bertz CT molecular complexity index is 1510. The van der Waals surface area contributed by atoms with E-state index in [1.807, 2.05) is 36.9 Å². The lowest BCUT2D eigenvalue weighted by molar-refractivity contribution is 0.238. The number of pyridine rings is 2. The van der Waals surface area contributed by atoms with E-state index in [1.54, 1.807) is 0 Å². The van der Waals surface area contributed by atoms with Crippen LogP contribution in [0.3, 0.4) is 0 Å². The maximum absolute atomic E-state index is 6.18. The highest BCUT2D eigenvalue weighted by atomic mass is 16.5. The first-order valence-corrected chi connectivity index (χ1v) is 14.7. The van der Waals surface area contributed by atoms with Crippen LogP contribution in [-0.4, -0.2) is 75.7 Å². The zero-order valence-corrected chi connectivity index (χ0v) is 23.3. The van der Waals surface area contributed by atoms with Crippen molar-refractivity contribution in [2.45, 2.75) is 31.2 Å². The summed E-state index contributed by atoms with van der Waals surface area (Å²) in [5.41, 5.74) is 7.71. The summed E-state index contributed by atoms with van der Waals surface area (Å²) in [4.78, 5) is 23.1. The van der Waals surface area contributed by atoms with Crippen molar-refractivity contribution in [2.75, 3.05) is 50.8 Å². The molecule has 9 heteroatoms. The van der Waals surface area contributed by atoms with Crippen molar-refractivity contribution in [1.29, 1.82) is 0 Å². The van der Waals surface area contributed by atoms with Gasteiger partial charge >= 0.3 is 0 Å². The normalized spacial score (nSPS) is 20.8. The van der Waals surface area contributed by atoms with Crippen molar-refractivity contribution in [3.63, 3.8) is 0 Å². The number of ether oxygens (including phenoxy) is 1. The fourth-order valence-electron chi connectivity index (χ4n) is 6.29. The predicted octanol–water partition coefficient (Wildman–Crippen LogP) is 4.14. The zero-order chi connectivity index (χ0) is 27.5. The third-order valence-electron chi connectivity index (χ3n) is 8.41. The van der Waals surface area contributed by atoms with Crippen LogP contribution in [-0.2, 0) is 5.54 Å². The molecule has 3 aliphatic heterocycles. The van der Waals surface area contributed by atoms with Crippen LogP contribution in [0.25, 0.3) is 10.9 Å². The Morgan fingerprint density at radius 2 is 1.71 bits per heavy atom. The Labute approximate surface area is 240 Å². The molecule has 0 amide bonds. The maximum atomic E-state index is 6.18. The largest absolute Gasteiger partial charge is 0.494 e. The second-order valence-electron chi connectivity index (χ2n) is 11.0. The smallest absolute Gasteiger partial charge is 0.225 e. The van der Waals surface area contributed by atoms with Gasteiger partial charge in [0.25, 0.3) is 0 Å². The van der Waals surface area contributed by atoms with Gasteiger partial charge in [0, 0.05) is 74.7 Å². The summed E-state index contributed by atoms with van der Waals surface area (Å²) in [7, 11) is 0. The maximum Gasteiger partial charge on any atom is 0.225 e. The first-order valence-electron chi connectivity index (χ1n) is 14.7. The number of allylic oxidation sites excluding steroid dienone is 1. The molecule has 0 saturated carbocycles. The van der Waals surface area contributed by atoms with Crippen LogP contribution in [0.2, 0.25) is 0 Å². The van der Waals surface area contributed by atoms with E-state index in [0.717, 1.165) is 92.4 Å². The van der Waals surface area contributed by atoms with Gasteiger partial charge in [0.05, 0.1) is 17.8 Å². The third kappa shape index (κ3) is 5.23. The molecule has 2 fully saturated rings. The number of hydrogen-bond donors (Lipinski definition) is 1. The van der Waals surface area contributed by atoms with E-state index in [-0.39, 0.29) is 0 Å². The highest BCUT2D eigenvalue weighted by molar-refractivity contribution is 5.85. The molecule has 6 heterocycles.